The molecule has 4 aromatic rings. The largest absolute Gasteiger partial charge is 0.423 e. The van der Waals surface area contributed by atoms with Gasteiger partial charge < -0.3 is 9.73 Å². The summed E-state index contributed by atoms with van der Waals surface area (Å²) in [6.45, 7) is 0. The Morgan fingerprint density at radius 2 is 1.89 bits per heavy atom. The summed E-state index contributed by atoms with van der Waals surface area (Å²) in [5, 5.41) is 18.3. The smallest absolute Gasteiger partial charge is 0.336 e. The number of non-ortho nitro benzene ring substituents is 1. The monoisotopic (exact) mass is 376 g/mol. The van der Waals surface area contributed by atoms with Crippen molar-refractivity contribution in [1.29, 1.82) is 0 Å². The van der Waals surface area contributed by atoms with E-state index in [0.29, 0.717) is 27.9 Å². The molecule has 0 aliphatic rings. The first-order valence-corrected chi connectivity index (χ1v) is 8.14. The molecule has 0 aliphatic carbocycles. The number of rotatable bonds is 4. The number of amides is 1. The fourth-order valence-corrected chi connectivity index (χ4v) is 2.66. The second-order valence-electron chi connectivity index (χ2n) is 5.91. The van der Waals surface area contributed by atoms with E-state index in [0.717, 1.165) is 0 Å². The van der Waals surface area contributed by atoms with Crippen LogP contribution >= 0.6 is 0 Å². The van der Waals surface area contributed by atoms with Crippen molar-refractivity contribution in [3.63, 3.8) is 0 Å². The molecule has 0 atom stereocenters. The Kier molecular flexibility index (Phi) is 4.17. The number of aromatic nitrogens is 2. The van der Waals surface area contributed by atoms with E-state index < -0.39 is 10.5 Å². The fraction of sp³-hybridized carbons (Fsp3) is 0. The lowest BCUT2D eigenvalue weighted by molar-refractivity contribution is -0.384. The summed E-state index contributed by atoms with van der Waals surface area (Å²) in [6, 6.07) is 13.7. The molecule has 0 radical (unpaired) electrons. The maximum absolute atomic E-state index is 12.5. The molecule has 28 heavy (non-hydrogen) atoms. The summed E-state index contributed by atoms with van der Waals surface area (Å²) in [5.74, 6) is -0.370. The van der Waals surface area contributed by atoms with Crippen LogP contribution in [-0.2, 0) is 0 Å². The number of benzene rings is 2. The number of nitrogens with one attached hydrogen (secondary N) is 1. The summed E-state index contributed by atoms with van der Waals surface area (Å²) in [5.41, 5.74) is 1.40. The summed E-state index contributed by atoms with van der Waals surface area (Å²) in [4.78, 5) is 33.9. The number of carbonyl (C=O) groups is 1. The van der Waals surface area contributed by atoms with Gasteiger partial charge in [-0.2, -0.15) is 5.10 Å². The van der Waals surface area contributed by atoms with Crippen LogP contribution in [0, 0.1) is 10.1 Å². The summed E-state index contributed by atoms with van der Waals surface area (Å²) >= 11 is 0. The van der Waals surface area contributed by atoms with Crippen LogP contribution in [0.1, 0.15) is 10.4 Å². The summed E-state index contributed by atoms with van der Waals surface area (Å²) < 4.78 is 6.51. The zero-order chi connectivity index (χ0) is 19.7. The number of nitro benzene ring substituents is 1. The number of hydrogen-bond donors (Lipinski definition) is 1. The van der Waals surface area contributed by atoms with Crippen molar-refractivity contribution < 1.29 is 14.1 Å². The van der Waals surface area contributed by atoms with Gasteiger partial charge in [0.05, 0.1) is 22.4 Å². The van der Waals surface area contributed by atoms with E-state index in [2.05, 4.69) is 10.4 Å². The molecule has 0 fully saturated rings. The first-order valence-electron chi connectivity index (χ1n) is 8.14. The van der Waals surface area contributed by atoms with Crippen LogP contribution in [0.15, 0.2) is 76.2 Å². The van der Waals surface area contributed by atoms with Gasteiger partial charge in [-0.25, -0.2) is 9.48 Å². The van der Waals surface area contributed by atoms with E-state index in [1.165, 1.54) is 35.3 Å². The molecule has 4 rings (SSSR count). The maximum Gasteiger partial charge on any atom is 0.336 e. The molecule has 0 bridgehead atoms. The van der Waals surface area contributed by atoms with Gasteiger partial charge in [-0.3, -0.25) is 14.9 Å². The fourth-order valence-electron chi connectivity index (χ4n) is 2.66. The molecule has 2 aromatic carbocycles. The topological polar surface area (TPSA) is 120 Å². The average Bonchev–Trinajstić information content (AvgIpc) is 3.18. The first-order chi connectivity index (χ1) is 13.5. The predicted octanol–water partition coefficient (Wildman–Crippen LogP) is 3.14. The van der Waals surface area contributed by atoms with Gasteiger partial charge in [0.2, 0.25) is 0 Å². The van der Waals surface area contributed by atoms with Crippen LogP contribution in [0.3, 0.4) is 0 Å². The van der Waals surface area contributed by atoms with Gasteiger partial charge in [0.25, 0.3) is 11.6 Å². The highest BCUT2D eigenvalue weighted by Crippen LogP contribution is 2.19. The molecule has 9 nitrogen and oxygen atoms in total. The standard InChI is InChI=1S/C19H12N4O5/c24-18-8-1-12-9-14(2-7-17(12)28-18)21-19(25)13-10-20-22(11-13)15-3-5-16(6-4-15)23(26)27/h1-11H,(H,21,25). The van der Waals surface area contributed by atoms with Crippen molar-refractivity contribution >= 4 is 28.3 Å². The lowest BCUT2D eigenvalue weighted by atomic mass is 10.2. The third kappa shape index (κ3) is 3.36. The minimum atomic E-state index is -0.486. The highest BCUT2D eigenvalue weighted by molar-refractivity contribution is 6.04. The van der Waals surface area contributed by atoms with Crippen LogP contribution < -0.4 is 10.9 Å². The molecule has 9 heteroatoms. The number of carbonyl (C=O) groups excluding carboxylic acids is 1. The maximum atomic E-state index is 12.5. The summed E-state index contributed by atoms with van der Waals surface area (Å²) in [7, 11) is 0. The first kappa shape index (κ1) is 17.2. The third-order valence-electron chi connectivity index (χ3n) is 4.05. The second kappa shape index (κ2) is 6.80. The van der Waals surface area contributed by atoms with Crippen molar-refractivity contribution in [3.8, 4) is 5.69 Å². The van der Waals surface area contributed by atoms with E-state index in [4.69, 9.17) is 4.42 Å². The van der Waals surface area contributed by atoms with E-state index >= 15 is 0 Å². The highest BCUT2D eigenvalue weighted by atomic mass is 16.6. The zero-order valence-electron chi connectivity index (χ0n) is 14.2. The van der Waals surface area contributed by atoms with Crippen molar-refractivity contribution in [2.45, 2.75) is 0 Å². The van der Waals surface area contributed by atoms with Gasteiger partial charge in [-0.05, 0) is 36.4 Å². The number of nitro groups is 1. The van der Waals surface area contributed by atoms with Gasteiger partial charge in [0.1, 0.15) is 5.58 Å². The van der Waals surface area contributed by atoms with Crippen LogP contribution in [0.4, 0.5) is 11.4 Å². The molecule has 0 unspecified atom stereocenters. The lowest BCUT2D eigenvalue weighted by Gasteiger charge is -2.04. The normalized spacial score (nSPS) is 10.7. The Morgan fingerprint density at radius 3 is 2.64 bits per heavy atom. The van der Waals surface area contributed by atoms with Crippen LogP contribution in [0.25, 0.3) is 16.7 Å². The van der Waals surface area contributed by atoms with Crippen LogP contribution in [-0.4, -0.2) is 20.6 Å². The van der Waals surface area contributed by atoms with Gasteiger partial charge >= 0.3 is 5.63 Å². The van der Waals surface area contributed by atoms with Gasteiger partial charge in [0, 0.05) is 35.5 Å². The van der Waals surface area contributed by atoms with Gasteiger partial charge in [0.15, 0.2) is 0 Å². The molecular formula is C19H12N4O5. The summed E-state index contributed by atoms with van der Waals surface area (Å²) in [6.07, 6.45) is 2.92. The average molecular weight is 376 g/mol. The number of anilines is 1. The Labute approximate surface area is 157 Å². The molecule has 1 N–H and O–H groups in total. The van der Waals surface area contributed by atoms with E-state index in [9.17, 15) is 19.7 Å². The van der Waals surface area contributed by atoms with Crippen molar-refractivity contribution in [3.05, 3.63) is 93.1 Å². The SMILES string of the molecule is O=C(Nc1ccc2oc(=O)ccc2c1)c1cnn(-c2ccc([N+](=O)[O-])cc2)c1. The number of fused-ring (bicyclic) bond motifs is 1. The van der Waals surface area contributed by atoms with Crippen molar-refractivity contribution in [2.24, 2.45) is 0 Å². The third-order valence-corrected chi connectivity index (χ3v) is 4.05. The van der Waals surface area contributed by atoms with Crippen molar-refractivity contribution in [1.82, 2.24) is 9.78 Å². The Hall–Kier alpha value is -4.27. The zero-order valence-corrected chi connectivity index (χ0v) is 14.2. The molecule has 0 saturated carbocycles. The van der Waals surface area contributed by atoms with Crippen LogP contribution in [0.5, 0.6) is 0 Å². The number of hydrogen-bond acceptors (Lipinski definition) is 6. The van der Waals surface area contributed by atoms with Crippen molar-refractivity contribution in [2.75, 3.05) is 5.32 Å². The quantitative estimate of drug-likeness (QED) is 0.332. The predicted molar refractivity (Wildman–Crippen MR) is 101 cm³/mol. The molecule has 0 aliphatic heterocycles. The van der Waals surface area contributed by atoms with E-state index in [1.54, 1.807) is 36.4 Å². The highest BCUT2D eigenvalue weighted by Gasteiger charge is 2.11. The minimum absolute atomic E-state index is 0.0268. The molecule has 2 heterocycles. The van der Waals surface area contributed by atoms with Gasteiger partial charge in [-0.1, -0.05) is 0 Å². The Balaban J connectivity index is 1.53. The molecule has 0 saturated heterocycles. The number of nitrogens with zero attached hydrogens (tertiary/aromatic N) is 3. The van der Waals surface area contributed by atoms with Crippen LogP contribution in [0.2, 0.25) is 0 Å². The minimum Gasteiger partial charge on any atom is -0.423 e. The molecule has 2 aromatic heterocycles. The van der Waals surface area contributed by atoms with Gasteiger partial charge in [-0.15, -0.1) is 0 Å². The van der Waals surface area contributed by atoms with E-state index in [-0.39, 0.29) is 11.6 Å². The van der Waals surface area contributed by atoms with E-state index in [1.807, 2.05) is 0 Å². The Morgan fingerprint density at radius 1 is 1.11 bits per heavy atom. The lowest BCUT2D eigenvalue weighted by Crippen LogP contribution is -2.11. The Bertz CT molecular complexity index is 1260. The molecular weight excluding hydrogens is 364 g/mol. The second-order valence-corrected chi connectivity index (χ2v) is 5.91. The molecule has 1 amide bonds. The molecule has 138 valence electrons. The molecule has 0 spiro atoms.